The molecule has 2 aromatic rings. The van der Waals surface area contributed by atoms with Crippen LogP contribution in [0.25, 0.3) is 0 Å². The van der Waals surface area contributed by atoms with Gasteiger partial charge in [-0.3, -0.25) is 4.98 Å². The molecule has 2 rings (SSSR count). The molecular weight excluding hydrogens is 304 g/mol. The molecule has 0 saturated heterocycles. The summed E-state index contributed by atoms with van der Waals surface area (Å²) in [4.78, 5) is 3.94. The zero-order valence-electron chi connectivity index (χ0n) is 9.08. The number of aromatic nitrogens is 1. The lowest BCUT2D eigenvalue weighted by Crippen LogP contribution is -1.94. The van der Waals surface area contributed by atoms with Crippen LogP contribution in [0.3, 0.4) is 0 Å². The molecule has 1 heterocycles. The summed E-state index contributed by atoms with van der Waals surface area (Å²) in [5.74, 6) is 1.24. The van der Waals surface area contributed by atoms with Crippen molar-refractivity contribution in [3.05, 3.63) is 45.7 Å². The summed E-state index contributed by atoms with van der Waals surface area (Å²) in [6, 6.07) is 5.44. The van der Waals surface area contributed by atoms with Gasteiger partial charge in [0.05, 0.1) is 16.4 Å². The topological polar surface area (TPSA) is 48.1 Å². The van der Waals surface area contributed by atoms with Crippen molar-refractivity contribution < 1.29 is 4.74 Å². The van der Waals surface area contributed by atoms with Gasteiger partial charge >= 0.3 is 0 Å². The van der Waals surface area contributed by atoms with E-state index in [9.17, 15) is 0 Å². The second-order valence-electron chi connectivity index (χ2n) is 3.55. The van der Waals surface area contributed by atoms with Crippen molar-refractivity contribution in [3.8, 4) is 11.5 Å². The molecule has 0 amide bonds. The number of nitrogens with zero attached hydrogens (tertiary/aromatic N) is 1. The summed E-state index contributed by atoms with van der Waals surface area (Å²) in [6.45, 7) is 1.92. The van der Waals surface area contributed by atoms with Crippen LogP contribution in [0.15, 0.2) is 35.1 Å². The molecule has 0 fully saturated rings. The number of hydrogen-bond acceptors (Lipinski definition) is 3. The van der Waals surface area contributed by atoms with Gasteiger partial charge in [-0.1, -0.05) is 11.6 Å². The molecule has 0 aliphatic heterocycles. The normalized spacial score (nSPS) is 10.3. The Morgan fingerprint density at radius 2 is 2.12 bits per heavy atom. The molecule has 0 aliphatic rings. The lowest BCUT2D eigenvalue weighted by molar-refractivity contribution is 0.481. The second kappa shape index (κ2) is 4.94. The van der Waals surface area contributed by atoms with Gasteiger partial charge in [0.2, 0.25) is 0 Å². The van der Waals surface area contributed by atoms with Crippen molar-refractivity contribution >= 4 is 33.2 Å². The van der Waals surface area contributed by atoms with Crippen molar-refractivity contribution in [2.24, 2.45) is 0 Å². The van der Waals surface area contributed by atoms with Crippen molar-refractivity contribution in [3.63, 3.8) is 0 Å². The lowest BCUT2D eigenvalue weighted by Gasteiger charge is -2.10. The average Bonchev–Trinajstić information content (AvgIpc) is 2.28. The third kappa shape index (κ3) is 2.70. The molecule has 3 nitrogen and oxygen atoms in total. The van der Waals surface area contributed by atoms with Crippen LogP contribution in [-0.2, 0) is 0 Å². The summed E-state index contributed by atoms with van der Waals surface area (Å²) in [5.41, 5.74) is 7.22. The maximum atomic E-state index is 5.95. The first kappa shape index (κ1) is 12.2. The molecular formula is C12H10BrClN2O. The fraction of sp³-hybridized carbons (Fsp3) is 0.0833. The quantitative estimate of drug-likeness (QED) is 0.904. The fourth-order valence-electron chi connectivity index (χ4n) is 1.34. The van der Waals surface area contributed by atoms with E-state index in [1.807, 2.05) is 13.0 Å². The minimum Gasteiger partial charge on any atom is -0.454 e. The first-order chi connectivity index (χ1) is 8.08. The van der Waals surface area contributed by atoms with Gasteiger partial charge in [-0.2, -0.15) is 0 Å². The minimum absolute atomic E-state index is 0.479. The average molecular weight is 314 g/mol. The van der Waals surface area contributed by atoms with E-state index in [0.29, 0.717) is 26.7 Å². The Labute approximate surface area is 113 Å². The molecule has 88 valence electrons. The van der Waals surface area contributed by atoms with Gasteiger partial charge in [-0.05, 0) is 46.6 Å². The zero-order valence-corrected chi connectivity index (χ0v) is 11.4. The first-order valence-corrected chi connectivity index (χ1v) is 6.08. The van der Waals surface area contributed by atoms with E-state index in [4.69, 9.17) is 22.1 Å². The Morgan fingerprint density at radius 3 is 2.76 bits per heavy atom. The summed E-state index contributed by atoms with van der Waals surface area (Å²) in [7, 11) is 0. The van der Waals surface area contributed by atoms with Crippen LogP contribution >= 0.6 is 27.5 Å². The van der Waals surface area contributed by atoms with Gasteiger partial charge in [-0.25, -0.2) is 0 Å². The highest BCUT2D eigenvalue weighted by Gasteiger charge is 2.08. The predicted molar refractivity (Wildman–Crippen MR) is 72.6 cm³/mol. The third-order valence-corrected chi connectivity index (χ3v) is 3.22. The van der Waals surface area contributed by atoms with Gasteiger partial charge in [0.1, 0.15) is 5.75 Å². The molecule has 0 unspecified atom stereocenters. The Kier molecular flexibility index (Phi) is 3.54. The number of pyridine rings is 1. The standard InChI is InChI=1S/C12H10BrClN2O/c1-7-4-8(2-3-10(7)14)17-12-9(13)5-16-6-11(12)15/h2-6H,15H2,1H3. The number of halogens is 2. The monoisotopic (exact) mass is 312 g/mol. The van der Waals surface area contributed by atoms with Crippen LogP contribution in [0.4, 0.5) is 5.69 Å². The number of aryl methyl sites for hydroxylation is 1. The second-order valence-corrected chi connectivity index (χ2v) is 4.81. The van der Waals surface area contributed by atoms with Crippen LogP contribution in [-0.4, -0.2) is 4.98 Å². The molecule has 1 aromatic heterocycles. The van der Waals surface area contributed by atoms with E-state index in [1.165, 1.54) is 0 Å². The van der Waals surface area contributed by atoms with Crippen molar-refractivity contribution in [1.29, 1.82) is 0 Å². The van der Waals surface area contributed by atoms with Crippen molar-refractivity contribution in [1.82, 2.24) is 4.98 Å². The Hall–Kier alpha value is -1.26. The van der Waals surface area contributed by atoms with E-state index in [0.717, 1.165) is 5.56 Å². The largest absolute Gasteiger partial charge is 0.454 e. The summed E-state index contributed by atoms with van der Waals surface area (Å²) < 4.78 is 6.42. The predicted octanol–water partition coefficient (Wildman–Crippen LogP) is 4.18. The smallest absolute Gasteiger partial charge is 0.167 e. The lowest BCUT2D eigenvalue weighted by atomic mass is 10.2. The third-order valence-electron chi connectivity index (χ3n) is 2.23. The van der Waals surface area contributed by atoms with Crippen molar-refractivity contribution in [2.75, 3.05) is 5.73 Å². The molecule has 0 atom stereocenters. The van der Waals surface area contributed by atoms with E-state index < -0.39 is 0 Å². The van der Waals surface area contributed by atoms with E-state index >= 15 is 0 Å². The van der Waals surface area contributed by atoms with Crippen LogP contribution in [0.5, 0.6) is 11.5 Å². The van der Waals surface area contributed by atoms with Crippen molar-refractivity contribution in [2.45, 2.75) is 6.92 Å². The first-order valence-electron chi connectivity index (χ1n) is 4.91. The zero-order chi connectivity index (χ0) is 12.4. The molecule has 0 spiro atoms. The Balaban J connectivity index is 2.35. The number of hydrogen-bond donors (Lipinski definition) is 1. The van der Waals surface area contributed by atoms with Gasteiger partial charge in [-0.15, -0.1) is 0 Å². The maximum Gasteiger partial charge on any atom is 0.167 e. The highest BCUT2D eigenvalue weighted by Crippen LogP contribution is 2.34. The fourth-order valence-corrected chi connectivity index (χ4v) is 1.89. The van der Waals surface area contributed by atoms with E-state index in [2.05, 4.69) is 20.9 Å². The Morgan fingerprint density at radius 1 is 1.35 bits per heavy atom. The Bertz CT molecular complexity index is 540. The van der Waals surface area contributed by atoms with Crippen LogP contribution < -0.4 is 10.5 Å². The highest BCUT2D eigenvalue weighted by atomic mass is 79.9. The number of ether oxygens (including phenoxy) is 1. The van der Waals surface area contributed by atoms with Gasteiger partial charge in [0.25, 0.3) is 0 Å². The molecule has 0 aliphatic carbocycles. The molecule has 0 bridgehead atoms. The van der Waals surface area contributed by atoms with E-state index in [1.54, 1.807) is 24.5 Å². The van der Waals surface area contributed by atoms with Gasteiger partial charge in [0, 0.05) is 11.2 Å². The highest BCUT2D eigenvalue weighted by molar-refractivity contribution is 9.10. The van der Waals surface area contributed by atoms with Crippen LogP contribution in [0, 0.1) is 6.92 Å². The maximum absolute atomic E-state index is 5.95. The SMILES string of the molecule is Cc1cc(Oc2c(N)cncc2Br)ccc1Cl. The molecule has 17 heavy (non-hydrogen) atoms. The molecule has 2 N–H and O–H groups in total. The number of anilines is 1. The number of nitrogens with two attached hydrogens (primary N) is 1. The number of nitrogen functional groups attached to an aromatic ring is 1. The molecule has 1 aromatic carbocycles. The summed E-state index contributed by atoms with van der Waals surface area (Å²) in [5, 5.41) is 0.708. The van der Waals surface area contributed by atoms with Crippen LogP contribution in [0.2, 0.25) is 5.02 Å². The van der Waals surface area contributed by atoms with E-state index in [-0.39, 0.29) is 0 Å². The van der Waals surface area contributed by atoms with Gasteiger partial charge < -0.3 is 10.5 Å². The molecule has 0 saturated carbocycles. The number of benzene rings is 1. The minimum atomic E-state index is 0.479. The molecule has 0 radical (unpaired) electrons. The van der Waals surface area contributed by atoms with Gasteiger partial charge in [0.15, 0.2) is 5.75 Å². The summed E-state index contributed by atoms with van der Waals surface area (Å²) in [6.07, 6.45) is 3.18. The summed E-state index contributed by atoms with van der Waals surface area (Å²) >= 11 is 9.29. The van der Waals surface area contributed by atoms with Crippen LogP contribution in [0.1, 0.15) is 5.56 Å². The number of rotatable bonds is 2. The molecule has 5 heteroatoms.